The number of hydrogen-bond donors (Lipinski definition) is 2. The molecule has 1 heterocycles. The highest BCUT2D eigenvalue weighted by Gasteiger charge is 2.34. The van der Waals surface area contributed by atoms with Gasteiger partial charge in [0.25, 0.3) is 5.91 Å². The van der Waals surface area contributed by atoms with Crippen LogP contribution in [0.4, 0.5) is 15.9 Å². The number of amides is 1. The smallest absolute Gasteiger partial charge is 0.254 e. The lowest BCUT2D eigenvalue weighted by Crippen LogP contribution is -2.31. The van der Waals surface area contributed by atoms with Crippen LogP contribution in [0.2, 0.25) is 0 Å². The van der Waals surface area contributed by atoms with Gasteiger partial charge in [-0.15, -0.1) is 0 Å². The molecule has 0 radical (unpaired) electrons. The SMILES string of the molecule is N#C[C@H]1C[C@@H](OCC2CC2)CC[C@@H]1n1cc(C(N)=O)c(Nc2ccc(F)cc2)n1. The Kier molecular flexibility index (Phi) is 5.49. The van der Waals surface area contributed by atoms with Crippen LogP contribution < -0.4 is 11.1 Å². The Morgan fingerprint density at radius 1 is 1.31 bits per heavy atom. The molecule has 1 aromatic carbocycles. The summed E-state index contributed by atoms with van der Waals surface area (Å²) < 4.78 is 20.8. The average molecular weight is 397 g/mol. The lowest BCUT2D eigenvalue weighted by Gasteiger charge is -2.32. The Bertz CT molecular complexity index is 916. The molecule has 0 aliphatic heterocycles. The highest BCUT2D eigenvalue weighted by atomic mass is 19.1. The molecule has 3 N–H and O–H groups in total. The zero-order chi connectivity index (χ0) is 20.4. The van der Waals surface area contributed by atoms with Crippen molar-refractivity contribution in [2.24, 2.45) is 17.6 Å². The standard InChI is InChI=1S/C21H24FN5O2/c22-15-3-5-16(6-4-15)25-21-18(20(24)28)11-27(26-21)19-8-7-17(9-14(19)10-23)29-12-13-1-2-13/h3-6,11,13-14,17,19H,1-2,7-9,12H2,(H2,24,28)(H,25,26)/t14-,17+,19+/m1/s1. The van der Waals surface area contributed by atoms with Gasteiger partial charge in [-0.1, -0.05) is 0 Å². The molecule has 0 saturated heterocycles. The van der Waals surface area contributed by atoms with E-state index in [1.54, 1.807) is 23.0 Å². The van der Waals surface area contributed by atoms with Gasteiger partial charge >= 0.3 is 0 Å². The van der Waals surface area contributed by atoms with E-state index in [0.717, 1.165) is 19.4 Å². The van der Waals surface area contributed by atoms with Gasteiger partial charge in [-0.25, -0.2) is 4.39 Å². The van der Waals surface area contributed by atoms with E-state index in [4.69, 9.17) is 10.5 Å². The molecule has 152 valence electrons. The third-order valence-corrected chi connectivity index (χ3v) is 5.64. The molecule has 8 heteroatoms. The minimum atomic E-state index is -0.615. The van der Waals surface area contributed by atoms with Gasteiger partial charge in [0, 0.05) is 18.5 Å². The van der Waals surface area contributed by atoms with Crippen molar-refractivity contribution in [2.75, 3.05) is 11.9 Å². The van der Waals surface area contributed by atoms with Gasteiger partial charge in [-0.05, 0) is 62.3 Å². The van der Waals surface area contributed by atoms with E-state index in [9.17, 15) is 14.4 Å². The summed E-state index contributed by atoms with van der Waals surface area (Å²) >= 11 is 0. The van der Waals surface area contributed by atoms with Crippen LogP contribution >= 0.6 is 0 Å². The van der Waals surface area contributed by atoms with E-state index >= 15 is 0 Å². The van der Waals surface area contributed by atoms with Crippen molar-refractivity contribution in [1.82, 2.24) is 9.78 Å². The molecule has 2 saturated carbocycles. The Hall–Kier alpha value is -2.92. The molecule has 7 nitrogen and oxygen atoms in total. The number of anilines is 2. The van der Waals surface area contributed by atoms with Crippen molar-refractivity contribution in [1.29, 1.82) is 5.26 Å². The fraction of sp³-hybridized carbons (Fsp3) is 0.476. The van der Waals surface area contributed by atoms with E-state index in [1.165, 1.54) is 25.0 Å². The van der Waals surface area contributed by atoms with Crippen LogP contribution in [-0.2, 0) is 4.74 Å². The highest BCUT2D eigenvalue weighted by Crippen LogP contribution is 2.37. The molecule has 1 amide bonds. The molecule has 2 aliphatic rings. The molecule has 0 bridgehead atoms. The number of aromatic nitrogens is 2. The lowest BCUT2D eigenvalue weighted by molar-refractivity contribution is 0.00154. The Labute approximate surface area is 168 Å². The Morgan fingerprint density at radius 2 is 2.07 bits per heavy atom. The maximum Gasteiger partial charge on any atom is 0.254 e. The van der Waals surface area contributed by atoms with Gasteiger partial charge in [-0.2, -0.15) is 10.4 Å². The van der Waals surface area contributed by atoms with Crippen molar-refractivity contribution >= 4 is 17.4 Å². The summed E-state index contributed by atoms with van der Waals surface area (Å²) in [7, 11) is 0. The molecule has 3 atom stereocenters. The van der Waals surface area contributed by atoms with E-state index < -0.39 is 5.91 Å². The molecule has 0 spiro atoms. The zero-order valence-electron chi connectivity index (χ0n) is 16.1. The van der Waals surface area contributed by atoms with Crippen LogP contribution in [-0.4, -0.2) is 28.4 Å². The number of carbonyl (C=O) groups is 1. The predicted octanol–water partition coefficient (Wildman–Crippen LogP) is 3.52. The molecule has 2 fully saturated rings. The normalized spacial score (nSPS) is 24.1. The van der Waals surface area contributed by atoms with Crippen LogP contribution in [0.25, 0.3) is 0 Å². The molecular formula is C21H24FN5O2. The van der Waals surface area contributed by atoms with E-state index in [1.807, 2.05) is 0 Å². The molecule has 0 unspecified atom stereocenters. The van der Waals surface area contributed by atoms with Crippen LogP contribution in [0.5, 0.6) is 0 Å². The van der Waals surface area contributed by atoms with Gasteiger partial charge in [-0.3, -0.25) is 9.48 Å². The topological polar surface area (TPSA) is 106 Å². The Morgan fingerprint density at radius 3 is 2.72 bits per heavy atom. The minimum absolute atomic E-state index is 0.0967. The monoisotopic (exact) mass is 397 g/mol. The molecule has 2 aromatic rings. The maximum atomic E-state index is 13.1. The first-order chi connectivity index (χ1) is 14.0. The fourth-order valence-corrected chi connectivity index (χ4v) is 3.78. The summed E-state index contributed by atoms with van der Waals surface area (Å²) in [6, 6.07) is 7.98. The van der Waals surface area contributed by atoms with Gasteiger partial charge in [0.1, 0.15) is 11.4 Å². The van der Waals surface area contributed by atoms with Crippen molar-refractivity contribution in [3.63, 3.8) is 0 Å². The molecule has 29 heavy (non-hydrogen) atoms. The van der Waals surface area contributed by atoms with Gasteiger partial charge < -0.3 is 15.8 Å². The third kappa shape index (κ3) is 4.57. The Balaban J connectivity index is 1.50. The number of rotatable bonds is 7. The number of benzene rings is 1. The largest absolute Gasteiger partial charge is 0.378 e. The van der Waals surface area contributed by atoms with Crippen LogP contribution in [0.15, 0.2) is 30.5 Å². The van der Waals surface area contributed by atoms with E-state index in [2.05, 4.69) is 16.5 Å². The first-order valence-electron chi connectivity index (χ1n) is 9.96. The quantitative estimate of drug-likeness (QED) is 0.743. The number of nitrogens with zero attached hydrogens (tertiary/aromatic N) is 3. The number of nitrogens with one attached hydrogen (secondary N) is 1. The van der Waals surface area contributed by atoms with Crippen molar-refractivity contribution in [3.05, 3.63) is 41.8 Å². The average Bonchev–Trinajstić information content (AvgIpc) is 3.46. The highest BCUT2D eigenvalue weighted by molar-refractivity contribution is 5.98. The first kappa shape index (κ1) is 19.4. The summed E-state index contributed by atoms with van der Waals surface area (Å²) in [6.45, 7) is 0.785. The van der Waals surface area contributed by atoms with E-state index in [0.29, 0.717) is 23.8 Å². The predicted molar refractivity (Wildman–Crippen MR) is 105 cm³/mol. The zero-order valence-corrected chi connectivity index (χ0v) is 16.1. The first-order valence-corrected chi connectivity index (χ1v) is 9.96. The second kappa shape index (κ2) is 8.21. The van der Waals surface area contributed by atoms with Gasteiger partial charge in [0.05, 0.1) is 24.1 Å². The number of ether oxygens (including phenoxy) is 1. The molecular weight excluding hydrogens is 373 g/mol. The van der Waals surface area contributed by atoms with Gasteiger partial charge in [0.2, 0.25) is 0 Å². The van der Waals surface area contributed by atoms with Crippen molar-refractivity contribution in [2.45, 2.75) is 44.2 Å². The number of hydrogen-bond acceptors (Lipinski definition) is 5. The number of nitriles is 1. The summed E-state index contributed by atoms with van der Waals surface area (Å²) in [5.74, 6) is -0.234. The van der Waals surface area contributed by atoms with E-state index in [-0.39, 0.29) is 29.4 Å². The van der Waals surface area contributed by atoms with Crippen LogP contribution in [0.3, 0.4) is 0 Å². The lowest BCUT2D eigenvalue weighted by atomic mass is 9.83. The number of primary amides is 1. The van der Waals surface area contributed by atoms with Crippen molar-refractivity contribution < 1.29 is 13.9 Å². The summed E-state index contributed by atoms with van der Waals surface area (Å²) in [5.41, 5.74) is 6.35. The number of nitrogens with two attached hydrogens (primary N) is 1. The number of carbonyl (C=O) groups excluding carboxylic acids is 1. The third-order valence-electron chi connectivity index (χ3n) is 5.64. The second-order valence-electron chi connectivity index (χ2n) is 7.88. The fourth-order valence-electron chi connectivity index (χ4n) is 3.78. The molecule has 4 rings (SSSR count). The number of halogens is 1. The maximum absolute atomic E-state index is 13.1. The van der Waals surface area contributed by atoms with Crippen molar-refractivity contribution in [3.8, 4) is 6.07 Å². The summed E-state index contributed by atoms with van der Waals surface area (Å²) in [6.07, 6.45) is 6.41. The molecule has 2 aliphatic carbocycles. The second-order valence-corrected chi connectivity index (χ2v) is 7.88. The molecule has 1 aromatic heterocycles. The van der Waals surface area contributed by atoms with Crippen LogP contribution in [0, 0.1) is 29.0 Å². The summed E-state index contributed by atoms with van der Waals surface area (Å²) in [4.78, 5) is 11.9. The van der Waals surface area contributed by atoms with Gasteiger partial charge in [0.15, 0.2) is 5.82 Å². The summed E-state index contributed by atoms with van der Waals surface area (Å²) in [5, 5.41) is 17.2. The van der Waals surface area contributed by atoms with Crippen LogP contribution in [0.1, 0.15) is 48.5 Å². The minimum Gasteiger partial charge on any atom is -0.378 e.